The van der Waals surface area contributed by atoms with Crippen LogP contribution in [0.25, 0.3) is 0 Å². The molecule has 4 nitrogen and oxygen atoms in total. The van der Waals surface area contributed by atoms with Gasteiger partial charge in [-0.05, 0) is 30.7 Å². The predicted octanol–water partition coefficient (Wildman–Crippen LogP) is 1.75. The predicted molar refractivity (Wildman–Crippen MR) is 84.1 cm³/mol. The molecule has 1 aromatic rings. The summed E-state index contributed by atoms with van der Waals surface area (Å²) in [5.41, 5.74) is 0.943. The summed E-state index contributed by atoms with van der Waals surface area (Å²) >= 11 is 5.93. The van der Waals surface area contributed by atoms with E-state index in [4.69, 9.17) is 16.3 Å². The number of nitrogens with one attached hydrogen (secondary N) is 1. The van der Waals surface area contributed by atoms with Crippen molar-refractivity contribution < 1.29 is 14.1 Å². The third kappa shape index (κ3) is 6.70. The summed E-state index contributed by atoms with van der Waals surface area (Å²) in [5, 5.41) is 13.5. The van der Waals surface area contributed by atoms with Gasteiger partial charge in [-0.2, -0.15) is 0 Å². The first-order valence-corrected chi connectivity index (χ1v) is 8.52. The Bertz CT molecular complexity index is 442. The molecule has 0 saturated heterocycles. The topological polar surface area (TPSA) is 58.6 Å². The monoisotopic (exact) mass is 319 g/mol. The SMILES string of the molecule is CCS(=O)CCNCC(O)COc1ccc(Cl)c(C)c1. The molecule has 2 atom stereocenters. The molecule has 0 aromatic heterocycles. The number of halogens is 1. The van der Waals surface area contributed by atoms with E-state index in [1.165, 1.54) is 0 Å². The van der Waals surface area contributed by atoms with Gasteiger partial charge in [0.05, 0.1) is 0 Å². The van der Waals surface area contributed by atoms with Gasteiger partial charge in [0.1, 0.15) is 18.5 Å². The van der Waals surface area contributed by atoms with E-state index in [-0.39, 0.29) is 6.61 Å². The van der Waals surface area contributed by atoms with Gasteiger partial charge in [0.15, 0.2) is 0 Å². The van der Waals surface area contributed by atoms with Gasteiger partial charge >= 0.3 is 0 Å². The van der Waals surface area contributed by atoms with Crippen molar-refractivity contribution in [3.63, 3.8) is 0 Å². The molecule has 0 aliphatic rings. The molecule has 0 saturated carbocycles. The Balaban J connectivity index is 2.20. The molecule has 1 aromatic carbocycles. The number of hydrogen-bond donors (Lipinski definition) is 2. The average Bonchev–Trinajstić information content (AvgIpc) is 2.44. The largest absolute Gasteiger partial charge is 0.491 e. The fraction of sp³-hybridized carbons (Fsp3) is 0.571. The lowest BCUT2D eigenvalue weighted by Gasteiger charge is -2.13. The van der Waals surface area contributed by atoms with E-state index in [1.54, 1.807) is 12.1 Å². The van der Waals surface area contributed by atoms with Crippen LogP contribution in [0.5, 0.6) is 5.75 Å². The molecule has 20 heavy (non-hydrogen) atoms. The molecule has 2 N–H and O–H groups in total. The second kappa shape index (κ2) is 9.34. The lowest BCUT2D eigenvalue weighted by Crippen LogP contribution is -2.33. The highest BCUT2D eigenvalue weighted by Crippen LogP contribution is 2.20. The first-order valence-electron chi connectivity index (χ1n) is 6.65. The fourth-order valence-corrected chi connectivity index (χ4v) is 2.34. The van der Waals surface area contributed by atoms with Crippen molar-refractivity contribution in [1.29, 1.82) is 0 Å². The van der Waals surface area contributed by atoms with Crippen LogP contribution in [-0.4, -0.2) is 46.6 Å². The average molecular weight is 320 g/mol. The Morgan fingerprint density at radius 1 is 1.50 bits per heavy atom. The van der Waals surface area contributed by atoms with E-state index in [2.05, 4.69) is 5.32 Å². The number of hydrogen-bond acceptors (Lipinski definition) is 4. The van der Waals surface area contributed by atoms with Crippen LogP contribution in [-0.2, 0) is 10.8 Å². The number of ether oxygens (including phenoxy) is 1. The van der Waals surface area contributed by atoms with Crippen LogP contribution in [0.15, 0.2) is 18.2 Å². The zero-order chi connectivity index (χ0) is 15.0. The summed E-state index contributed by atoms with van der Waals surface area (Å²) in [6, 6.07) is 5.39. The first-order chi connectivity index (χ1) is 9.52. The number of aliphatic hydroxyl groups is 1. The molecular formula is C14H22ClNO3S. The number of aliphatic hydroxyl groups excluding tert-OH is 1. The van der Waals surface area contributed by atoms with Crippen LogP contribution in [0.3, 0.4) is 0 Å². The van der Waals surface area contributed by atoms with Crippen molar-refractivity contribution in [3.8, 4) is 5.75 Å². The molecule has 1 rings (SSSR count). The van der Waals surface area contributed by atoms with Gasteiger partial charge in [0, 0.05) is 40.4 Å². The third-order valence-corrected chi connectivity index (χ3v) is 4.51. The molecular weight excluding hydrogens is 298 g/mol. The number of benzene rings is 1. The highest BCUT2D eigenvalue weighted by Gasteiger charge is 2.06. The van der Waals surface area contributed by atoms with E-state index >= 15 is 0 Å². The van der Waals surface area contributed by atoms with Gasteiger partial charge in [-0.3, -0.25) is 4.21 Å². The highest BCUT2D eigenvalue weighted by atomic mass is 35.5. The van der Waals surface area contributed by atoms with E-state index in [0.29, 0.717) is 35.4 Å². The van der Waals surface area contributed by atoms with E-state index in [0.717, 1.165) is 5.56 Å². The zero-order valence-electron chi connectivity index (χ0n) is 11.9. The Morgan fingerprint density at radius 3 is 2.90 bits per heavy atom. The fourth-order valence-electron chi connectivity index (χ4n) is 1.56. The normalized spacial score (nSPS) is 14.0. The molecule has 0 aliphatic heterocycles. The van der Waals surface area contributed by atoms with Crippen LogP contribution < -0.4 is 10.1 Å². The van der Waals surface area contributed by atoms with Crippen LogP contribution in [0.4, 0.5) is 0 Å². The molecule has 2 unspecified atom stereocenters. The van der Waals surface area contributed by atoms with Crippen molar-refractivity contribution in [3.05, 3.63) is 28.8 Å². The summed E-state index contributed by atoms with van der Waals surface area (Å²) in [6.45, 7) is 5.07. The Kier molecular flexibility index (Phi) is 8.14. The maximum absolute atomic E-state index is 11.2. The van der Waals surface area contributed by atoms with Gasteiger partial charge in [-0.1, -0.05) is 18.5 Å². The summed E-state index contributed by atoms with van der Waals surface area (Å²) in [4.78, 5) is 0. The van der Waals surface area contributed by atoms with Crippen molar-refractivity contribution in [1.82, 2.24) is 5.32 Å². The minimum atomic E-state index is -0.768. The van der Waals surface area contributed by atoms with E-state index in [1.807, 2.05) is 19.9 Å². The van der Waals surface area contributed by atoms with E-state index < -0.39 is 16.9 Å². The summed E-state index contributed by atoms with van der Waals surface area (Å²) < 4.78 is 16.7. The second-order valence-electron chi connectivity index (χ2n) is 4.51. The van der Waals surface area contributed by atoms with Crippen LogP contribution in [0.1, 0.15) is 12.5 Å². The Hall–Kier alpha value is -0.620. The standard InChI is InChI=1S/C14H22ClNO3S/c1-3-20(18)7-6-16-9-12(17)10-19-13-4-5-14(15)11(2)8-13/h4-5,8,12,16-17H,3,6-7,9-10H2,1-2H3. The molecule has 0 fully saturated rings. The van der Waals surface area contributed by atoms with Crippen molar-refractivity contribution in [2.75, 3.05) is 31.2 Å². The minimum absolute atomic E-state index is 0.213. The van der Waals surface area contributed by atoms with Crippen molar-refractivity contribution >= 4 is 22.4 Å². The maximum atomic E-state index is 11.2. The summed E-state index contributed by atoms with van der Waals surface area (Å²) in [6.07, 6.45) is -0.596. The molecule has 6 heteroatoms. The molecule has 0 bridgehead atoms. The Labute approximate surface area is 127 Å². The van der Waals surface area contributed by atoms with Gasteiger partial charge in [0.2, 0.25) is 0 Å². The van der Waals surface area contributed by atoms with Crippen molar-refractivity contribution in [2.24, 2.45) is 0 Å². The van der Waals surface area contributed by atoms with Gasteiger partial charge in [-0.25, -0.2) is 0 Å². The molecule has 0 aliphatic carbocycles. The van der Waals surface area contributed by atoms with Gasteiger partial charge in [-0.15, -0.1) is 0 Å². The number of rotatable bonds is 9. The first kappa shape index (κ1) is 17.4. The zero-order valence-corrected chi connectivity index (χ0v) is 13.5. The summed E-state index contributed by atoms with van der Waals surface area (Å²) in [5.74, 6) is 1.97. The quantitative estimate of drug-likeness (QED) is 0.681. The molecule has 114 valence electrons. The Morgan fingerprint density at radius 2 is 2.25 bits per heavy atom. The third-order valence-electron chi connectivity index (χ3n) is 2.78. The minimum Gasteiger partial charge on any atom is -0.491 e. The molecule has 0 heterocycles. The highest BCUT2D eigenvalue weighted by molar-refractivity contribution is 7.84. The second-order valence-corrected chi connectivity index (χ2v) is 6.79. The lowest BCUT2D eigenvalue weighted by molar-refractivity contribution is 0.107. The van der Waals surface area contributed by atoms with Crippen LogP contribution in [0, 0.1) is 6.92 Å². The molecule has 0 amide bonds. The molecule has 0 radical (unpaired) electrons. The van der Waals surface area contributed by atoms with Crippen molar-refractivity contribution in [2.45, 2.75) is 20.0 Å². The summed E-state index contributed by atoms with van der Waals surface area (Å²) in [7, 11) is -0.768. The van der Waals surface area contributed by atoms with Gasteiger partial charge < -0.3 is 15.2 Å². The number of aryl methyl sites for hydroxylation is 1. The smallest absolute Gasteiger partial charge is 0.119 e. The maximum Gasteiger partial charge on any atom is 0.119 e. The van der Waals surface area contributed by atoms with E-state index in [9.17, 15) is 9.32 Å². The van der Waals surface area contributed by atoms with Gasteiger partial charge in [0.25, 0.3) is 0 Å². The lowest BCUT2D eigenvalue weighted by atomic mass is 10.2. The van der Waals surface area contributed by atoms with Crippen LogP contribution in [0.2, 0.25) is 5.02 Å². The van der Waals surface area contributed by atoms with Crippen LogP contribution >= 0.6 is 11.6 Å². The molecule has 0 spiro atoms.